The summed E-state index contributed by atoms with van der Waals surface area (Å²) >= 11 is 6.03. The number of amides is 1. The van der Waals surface area contributed by atoms with E-state index < -0.39 is 0 Å². The third-order valence-electron chi connectivity index (χ3n) is 4.88. The van der Waals surface area contributed by atoms with Crippen molar-refractivity contribution in [1.29, 1.82) is 0 Å². The minimum Gasteiger partial charge on any atom is -0.497 e. The van der Waals surface area contributed by atoms with Gasteiger partial charge in [0.25, 0.3) is 0 Å². The largest absolute Gasteiger partial charge is 0.497 e. The first kappa shape index (κ1) is 19.5. The molecular weight excluding hydrogens is 362 g/mol. The number of piperazine rings is 1. The minimum absolute atomic E-state index is 0.0392. The van der Waals surface area contributed by atoms with E-state index in [1.807, 2.05) is 43.3 Å². The molecule has 1 aliphatic rings. The Hall–Kier alpha value is -2.24. The Labute approximate surface area is 165 Å². The monoisotopic (exact) mass is 387 g/mol. The molecule has 3 rings (SSSR count). The van der Waals surface area contributed by atoms with Crippen molar-refractivity contribution in [1.82, 2.24) is 10.2 Å². The quantitative estimate of drug-likeness (QED) is 0.825. The van der Waals surface area contributed by atoms with Gasteiger partial charge < -0.3 is 15.0 Å². The molecule has 1 fully saturated rings. The first-order valence-corrected chi connectivity index (χ1v) is 9.59. The second-order valence-electron chi connectivity index (χ2n) is 6.81. The van der Waals surface area contributed by atoms with E-state index in [0.717, 1.165) is 43.2 Å². The summed E-state index contributed by atoms with van der Waals surface area (Å²) in [6.07, 6.45) is 0. The van der Waals surface area contributed by atoms with Crippen LogP contribution in [0.4, 0.5) is 5.69 Å². The van der Waals surface area contributed by atoms with Gasteiger partial charge in [-0.15, -0.1) is 0 Å². The van der Waals surface area contributed by atoms with E-state index in [4.69, 9.17) is 16.3 Å². The lowest BCUT2D eigenvalue weighted by Gasteiger charge is -2.36. The Kier molecular flexibility index (Phi) is 6.58. The van der Waals surface area contributed by atoms with Gasteiger partial charge in [-0.3, -0.25) is 9.69 Å². The van der Waals surface area contributed by atoms with Crippen molar-refractivity contribution in [2.75, 3.05) is 44.7 Å². The summed E-state index contributed by atoms with van der Waals surface area (Å²) in [6, 6.07) is 15.6. The average molecular weight is 388 g/mol. The van der Waals surface area contributed by atoms with Gasteiger partial charge in [0, 0.05) is 43.0 Å². The number of methoxy groups -OCH3 is 1. The van der Waals surface area contributed by atoms with Crippen molar-refractivity contribution in [2.24, 2.45) is 0 Å². The molecule has 6 heteroatoms. The second-order valence-corrected chi connectivity index (χ2v) is 7.25. The molecule has 1 atom stereocenters. The molecule has 5 nitrogen and oxygen atoms in total. The highest BCUT2D eigenvalue weighted by Gasteiger charge is 2.20. The minimum atomic E-state index is -0.0609. The Morgan fingerprint density at radius 3 is 2.59 bits per heavy atom. The molecule has 2 aromatic carbocycles. The van der Waals surface area contributed by atoms with Crippen molar-refractivity contribution in [3.63, 3.8) is 0 Å². The number of hydrogen-bond donors (Lipinski definition) is 1. The lowest BCUT2D eigenvalue weighted by molar-refractivity contribution is -0.123. The smallest absolute Gasteiger partial charge is 0.234 e. The zero-order valence-electron chi connectivity index (χ0n) is 15.8. The van der Waals surface area contributed by atoms with Crippen LogP contribution >= 0.6 is 11.6 Å². The third-order valence-corrected chi connectivity index (χ3v) is 5.12. The van der Waals surface area contributed by atoms with Crippen LogP contribution in [0.1, 0.15) is 18.5 Å². The van der Waals surface area contributed by atoms with Crippen molar-refractivity contribution < 1.29 is 9.53 Å². The van der Waals surface area contributed by atoms with Gasteiger partial charge in [0.15, 0.2) is 0 Å². The molecule has 2 aromatic rings. The summed E-state index contributed by atoms with van der Waals surface area (Å²) in [5.41, 5.74) is 2.17. The Balaban J connectivity index is 1.47. The van der Waals surface area contributed by atoms with Crippen LogP contribution in [0.5, 0.6) is 5.75 Å². The molecule has 1 amide bonds. The van der Waals surface area contributed by atoms with Crippen molar-refractivity contribution in [3.05, 3.63) is 59.1 Å². The maximum Gasteiger partial charge on any atom is 0.234 e. The lowest BCUT2D eigenvalue weighted by Crippen LogP contribution is -2.49. The second kappa shape index (κ2) is 9.11. The van der Waals surface area contributed by atoms with Gasteiger partial charge in [0.2, 0.25) is 5.91 Å². The topological polar surface area (TPSA) is 44.8 Å². The molecule has 144 valence electrons. The van der Waals surface area contributed by atoms with Crippen molar-refractivity contribution in [2.45, 2.75) is 13.0 Å². The molecule has 0 bridgehead atoms. The predicted molar refractivity (Wildman–Crippen MR) is 110 cm³/mol. The van der Waals surface area contributed by atoms with Crippen LogP contribution in [0.15, 0.2) is 48.5 Å². The first-order valence-electron chi connectivity index (χ1n) is 9.21. The zero-order valence-corrected chi connectivity index (χ0v) is 16.6. The summed E-state index contributed by atoms with van der Waals surface area (Å²) < 4.78 is 5.30. The SMILES string of the molecule is COc1cccc(N2CCN(CC(=O)N[C@H](C)c3cccc(Cl)c3)CC2)c1. The average Bonchev–Trinajstić information content (AvgIpc) is 2.68. The maximum absolute atomic E-state index is 12.4. The Bertz CT molecular complexity index is 776. The van der Waals surface area contributed by atoms with Crippen molar-refractivity contribution in [3.8, 4) is 5.75 Å². The van der Waals surface area contributed by atoms with E-state index >= 15 is 0 Å². The summed E-state index contributed by atoms with van der Waals surface area (Å²) in [5, 5.41) is 3.74. The molecule has 27 heavy (non-hydrogen) atoms. The molecule has 1 N–H and O–H groups in total. The van der Waals surface area contributed by atoms with E-state index in [-0.39, 0.29) is 11.9 Å². The van der Waals surface area contributed by atoms with Gasteiger partial charge in [0.05, 0.1) is 19.7 Å². The summed E-state index contributed by atoms with van der Waals surface area (Å²) in [4.78, 5) is 16.9. The molecule has 0 saturated carbocycles. The van der Waals surface area contributed by atoms with Crippen LogP contribution in [0.3, 0.4) is 0 Å². The Morgan fingerprint density at radius 2 is 1.89 bits per heavy atom. The van der Waals surface area contributed by atoms with Gasteiger partial charge in [-0.1, -0.05) is 29.8 Å². The fraction of sp³-hybridized carbons (Fsp3) is 0.381. The number of rotatable bonds is 6. The van der Waals surface area contributed by atoms with Gasteiger partial charge in [-0.05, 0) is 36.8 Å². The fourth-order valence-corrected chi connectivity index (χ4v) is 3.52. The highest BCUT2D eigenvalue weighted by molar-refractivity contribution is 6.30. The van der Waals surface area contributed by atoms with Gasteiger partial charge >= 0.3 is 0 Å². The Morgan fingerprint density at radius 1 is 1.15 bits per heavy atom. The van der Waals surface area contributed by atoms with Gasteiger partial charge in [-0.2, -0.15) is 0 Å². The van der Waals surface area contributed by atoms with E-state index in [2.05, 4.69) is 27.2 Å². The lowest BCUT2D eigenvalue weighted by atomic mass is 10.1. The summed E-state index contributed by atoms with van der Waals surface area (Å²) in [7, 11) is 1.68. The van der Waals surface area contributed by atoms with E-state index in [1.54, 1.807) is 7.11 Å². The number of anilines is 1. The number of ether oxygens (including phenoxy) is 1. The molecule has 0 unspecified atom stereocenters. The highest BCUT2D eigenvalue weighted by atomic mass is 35.5. The number of benzene rings is 2. The summed E-state index contributed by atoms with van der Waals surface area (Å²) in [6.45, 7) is 5.89. The molecule has 0 radical (unpaired) electrons. The van der Waals surface area contributed by atoms with Crippen LogP contribution in [-0.2, 0) is 4.79 Å². The number of hydrogen-bond acceptors (Lipinski definition) is 4. The number of carbonyl (C=O) groups is 1. The number of carbonyl (C=O) groups excluding carboxylic acids is 1. The molecule has 0 aromatic heterocycles. The van der Waals surface area contributed by atoms with Crippen LogP contribution in [0, 0.1) is 0 Å². The first-order chi connectivity index (χ1) is 13.0. The number of halogens is 1. The van der Waals surface area contributed by atoms with Crippen LogP contribution in [-0.4, -0.2) is 50.6 Å². The maximum atomic E-state index is 12.4. The normalized spacial score (nSPS) is 16.0. The fourth-order valence-electron chi connectivity index (χ4n) is 3.32. The zero-order chi connectivity index (χ0) is 19.2. The summed E-state index contributed by atoms with van der Waals surface area (Å²) in [5.74, 6) is 0.904. The van der Waals surface area contributed by atoms with Gasteiger partial charge in [-0.25, -0.2) is 0 Å². The number of nitrogens with one attached hydrogen (secondary N) is 1. The molecular formula is C21H26ClN3O2. The standard InChI is InChI=1S/C21H26ClN3O2/c1-16(17-5-3-6-18(22)13-17)23-21(26)15-24-9-11-25(12-10-24)19-7-4-8-20(14-19)27-2/h3-8,13-14,16H,9-12,15H2,1-2H3,(H,23,26)/t16-/m1/s1. The van der Waals surface area contributed by atoms with Crippen molar-refractivity contribution >= 4 is 23.2 Å². The molecule has 1 saturated heterocycles. The number of nitrogens with zero attached hydrogens (tertiary/aromatic N) is 2. The third kappa shape index (κ3) is 5.37. The van der Waals surface area contributed by atoms with Crippen LogP contribution in [0.25, 0.3) is 0 Å². The molecule has 0 spiro atoms. The molecule has 0 aliphatic carbocycles. The highest BCUT2D eigenvalue weighted by Crippen LogP contribution is 2.22. The predicted octanol–water partition coefficient (Wildman–Crippen LogP) is 3.35. The van der Waals surface area contributed by atoms with E-state index in [9.17, 15) is 4.79 Å². The van der Waals surface area contributed by atoms with E-state index in [1.165, 1.54) is 0 Å². The molecule has 1 heterocycles. The van der Waals surface area contributed by atoms with E-state index in [0.29, 0.717) is 11.6 Å². The molecule has 1 aliphatic heterocycles. The van der Waals surface area contributed by atoms with Crippen LogP contribution < -0.4 is 15.0 Å². The van der Waals surface area contributed by atoms with Gasteiger partial charge in [0.1, 0.15) is 5.75 Å². The van der Waals surface area contributed by atoms with Crippen LogP contribution in [0.2, 0.25) is 5.02 Å².